The lowest BCUT2D eigenvalue weighted by Gasteiger charge is -2.20. The molecule has 8 nitrogen and oxygen atoms in total. The quantitative estimate of drug-likeness (QED) is 0.400. The minimum atomic E-state index is -1.04. The fourth-order valence-corrected chi connectivity index (χ4v) is 2.53. The molecule has 1 rings (SSSR count). The molecule has 1 aromatic heterocycles. The highest BCUT2D eigenvalue weighted by atomic mass is 32.2. The minimum absolute atomic E-state index is 0.0926. The second-order valence-electron chi connectivity index (χ2n) is 4.98. The Hall–Kier alpha value is -2.16. The van der Waals surface area contributed by atoms with Gasteiger partial charge < -0.3 is 10.4 Å². The van der Waals surface area contributed by atoms with Crippen molar-refractivity contribution in [3.63, 3.8) is 0 Å². The number of carbonyl (C=O) groups is 2. The van der Waals surface area contributed by atoms with Crippen molar-refractivity contribution in [1.29, 1.82) is 0 Å². The van der Waals surface area contributed by atoms with Gasteiger partial charge in [0.15, 0.2) is 0 Å². The molecule has 126 valence electrons. The summed E-state index contributed by atoms with van der Waals surface area (Å²) in [6, 6.07) is 1.97. The molecule has 2 unspecified atom stereocenters. The molecule has 0 aliphatic carbocycles. The second kappa shape index (κ2) is 9.09. The van der Waals surface area contributed by atoms with Crippen molar-refractivity contribution < 1.29 is 19.6 Å². The minimum Gasteiger partial charge on any atom is -0.480 e. The molecular formula is C14H19N3O5S. The zero-order chi connectivity index (χ0) is 17.4. The predicted molar refractivity (Wildman–Crippen MR) is 85.3 cm³/mol. The van der Waals surface area contributed by atoms with Crippen molar-refractivity contribution in [3.8, 4) is 0 Å². The normalized spacial score (nSPS) is 13.1. The first kappa shape index (κ1) is 18.9. The maximum Gasteiger partial charge on any atom is 0.326 e. The lowest BCUT2D eigenvalue weighted by Crippen LogP contribution is -2.45. The number of carboxylic acids is 1. The number of aromatic nitrogens is 1. The summed E-state index contributed by atoms with van der Waals surface area (Å²) < 4.78 is 0. The average Bonchev–Trinajstić information content (AvgIpc) is 2.52. The Morgan fingerprint density at radius 2 is 2.17 bits per heavy atom. The molecule has 0 spiro atoms. The van der Waals surface area contributed by atoms with E-state index in [4.69, 9.17) is 5.11 Å². The van der Waals surface area contributed by atoms with Crippen LogP contribution in [0.3, 0.4) is 0 Å². The molecule has 0 bridgehead atoms. The fourth-order valence-electron chi connectivity index (χ4n) is 1.74. The van der Waals surface area contributed by atoms with Crippen LogP contribution in [-0.4, -0.2) is 38.7 Å². The van der Waals surface area contributed by atoms with Gasteiger partial charge in [-0.3, -0.25) is 14.9 Å². The Labute approximate surface area is 137 Å². The molecule has 23 heavy (non-hydrogen) atoms. The van der Waals surface area contributed by atoms with Gasteiger partial charge in [-0.05, 0) is 12.0 Å². The standard InChI is InChI=1S/C14H19N3O5S/c1-3-9(2)13(14(19)20)16-11(18)6-7-23-12-5-4-10(8-15-12)17(21)22/h4-5,8-9,13H,3,6-7H2,1-2H3,(H,16,18)(H,19,20). The van der Waals surface area contributed by atoms with Crippen LogP contribution in [-0.2, 0) is 9.59 Å². The van der Waals surface area contributed by atoms with E-state index in [-0.39, 0.29) is 23.9 Å². The third-order valence-electron chi connectivity index (χ3n) is 3.31. The highest BCUT2D eigenvalue weighted by Crippen LogP contribution is 2.19. The van der Waals surface area contributed by atoms with Crippen LogP contribution in [0, 0.1) is 16.0 Å². The predicted octanol–water partition coefficient (Wildman–Crippen LogP) is 2.09. The number of pyridine rings is 1. The SMILES string of the molecule is CCC(C)C(NC(=O)CCSc1ccc([N+](=O)[O-])cn1)C(=O)O. The first-order chi connectivity index (χ1) is 10.8. The van der Waals surface area contributed by atoms with Crippen molar-refractivity contribution in [2.75, 3.05) is 5.75 Å². The molecule has 2 N–H and O–H groups in total. The number of nitrogens with zero attached hydrogens (tertiary/aromatic N) is 2. The number of hydrogen-bond donors (Lipinski definition) is 2. The second-order valence-corrected chi connectivity index (χ2v) is 6.09. The Bertz CT molecular complexity index is 564. The highest BCUT2D eigenvalue weighted by Gasteiger charge is 2.24. The highest BCUT2D eigenvalue weighted by molar-refractivity contribution is 7.99. The Kier molecular flexibility index (Phi) is 7.46. The van der Waals surface area contributed by atoms with Gasteiger partial charge in [-0.15, -0.1) is 11.8 Å². The van der Waals surface area contributed by atoms with Crippen LogP contribution in [0.15, 0.2) is 23.4 Å². The molecule has 9 heteroatoms. The van der Waals surface area contributed by atoms with Crippen LogP contribution in [0.25, 0.3) is 0 Å². The van der Waals surface area contributed by atoms with E-state index in [0.29, 0.717) is 17.2 Å². The van der Waals surface area contributed by atoms with Crippen LogP contribution < -0.4 is 5.32 Å². The smallest absolute Gasteiger partial charge is 0.326 e. The first-order valence-corrected chi connectivity index (χ1v) is 8.09. The van der Waals surface area contributed by atoms with Gasteiger partial charge in [0.2, 0.25) is 5.91 Å². The molecular weight excluding hydrogens is 322 g/mol. The average molecular weight is 341 g/mol. The number of carboxylic acid groups (broad SMARTS) is 1. The van der Waals surface area contributed by atoms with E-state index < -0.39 is 16.9 Å². The summed E-state index contributed by atoms with van der Waals surface area (Å²) in [6.07, 6.45) is 1.95. The van der Waals surface area contributed by atoms with Gasteiger partial charge >= 0.3 is 5.97 Å². The summed E-state index contributed by atoms with van der Waals surface area (Å²) in [6.45, 7) is 3.64. The van der Waals surface area contributed by atoms with Crippen molar-refractivity contribution >= 4 is 29.3 Å². The van der Waals surface area contributed by atoms with Crippen molar-refractivity contribution in [1.82, 2.24) is 10.3 Å². The maximum atomic E-state index is 11.8. The fraction of sp³-hybridized carbons (Fsp3) is 0.500. The van der Waals surface area contributed by atoms with Gasteiger partial charge in [0.25, 0.3) is 5.69 Å². The van der Waals surface area contributed by atoms with E-state index >= 15 is 0 Å². The van der Waals surface area contributed by atoms with Crippen molar-refractivity contribution in [2.45, 2.75) is 37.8 Å². The third-order valence-corrected chi connectivity index (χ3v) is 4.25. The lowest BCUT2D eigenvalue weighted by molar-refractivity contribution is -0.385. The molecule has 2 atom stereocenters. The van der Waals surface area contributed by atoms with Crippen LogP contribution in [0.5, 0.6) is 0 Å². The van der Waals surface area contributed by atoms with E-state index in [2.05, 4.69) is 10.3 Å². The van der Waals surface area contributed by atoms with Gasteiger partial charge in [-0.1, -0.05) is 20.3 Å². The van der Waals surface area contributed by atoms with E-state index in [0.717, 1.165) is 6.20 Å². The summed E-state index contributed by atoms with van der Waals surface area (Å²) >= 11 is 1.28. The molecule has 0 aliphatic rings. The number of thioether (sulfide) groups is 1. The number of amides is 1. The van der Waals surface area contributed by atoms with Gasteiger partial charge in [0.1, 0.15) is 12.2 Å². The number of aliphatic carboxylic acids is 1. The summed E-state index contributed by atoms with van der Waals surface area (Å²) in [4.78, 5) is 36.8. The van der Waals surface area contributed by atoms with Crippen LogP contribution in [0.1, 0.15) is 26.7 Å². The van der Waals surface area contributed by atoms with Crippen LogP contribution >= 0.6 is 11.8 Å². The Morgan fingerprint density at radius 3 is 2.65 bits per heavy atom. The molecule has 0 radical (unpaired) electrons. The van der Waals surface area contributed by atoms with Gasteiger partial charge in [-0.25, -0.2) is 9.78 Å². The zero-order valence-corrected chi connectivity index (χ0v) is 13.7. The summed E-state index contributed by atoms with van der Waals surface area (Å²) in [7, 11) is 0. The van der Waals surface area contributed by atoms with Gasteiger partial charge in [0.05, 0.1) is 9.95 Å². The molecule has 1 heterocycles. The van der Waals surface area contributed by atoms with Gasteiger partial charge in [-0.2, -0.15) is 0 Å². The molecule has 0 aliphatic heterocycles. The summed E-state index contributed by atoms with van der Waals surface area (Å²) in [5.74, 6) is -1.13. The zero-order valence-electron chi connectivity index (χ0n) is 12.9. The summed E-state index contributed by atoms with van der Waals surface area (Å²) in [5, 5.41) is 22.7. The van der Waals surface area contributed by atoms with Crippen molar-refractivity contribution in [2.24, 2.45) is 5.92 Å². The molecule has 0 saturated carbocycles. The van der Waals surface area contributed by atoms with E-state index in [1.54, 1.807) is 6.92 Å². The molecule has 1 aromatic rings. The van der Waals surface area contributed by atoms with Crippen LogP contribution in [0.4, 0.5) is 5.69 Å². The Balaban J connectivity index is 2.44. The molecule has 1 amide bonds. The maximum absolute atomic E-state index is 11.8. The van der Waals surface area contributed by atoms with Crippen LogP contribution in [0.2, 0.25) is 0 Å². The molecule has 0 fully saturated rings. The molecule has 0 aromatic carbocycles. The largest absolute Gasteiger partial charge is 0.480 e. The summed E-state index contributed by atoms with van der Waals surface area (Å²) in [5.41, 5.74) is -0.0926. The van der Waals surface area contributed by atoms with E-state index in [1.807, 2.05) is 6.92 Å². The van der Waals surface area contributed by atoms with Crippen molar-refractivity contribution in [3.05, 3.63) is 28.4 Å². The number of hydrogen-bond acceptors (Lipinski definition) is 6. The number of nitrogens with one attached hydrogen (secondary N) is 1. The topological polar surface area (TPSA) is 122 Å². The number of rotatable bonds is 9. The number of carbonyl (C=O) groups excluding carboxylic acids is 1. The third kappa shape index (κ3) is 6.23. The lowest BCUT2D eigenvalue weighted by atomic mass is 9.99. The first-order valence-electron chi connectivity index (χ1n) is 7.10. The Morgan fingerprint density at radius 1 is 1.48 bits per heavy atom. The van der Waals surface area contributed by atoms with Gasteiger partial charge in [0, 0.05) is 18.2 Å². The monoisotopic (exact) mass is 341 g/mol. The van der Waals surface area contributed by atoms with E-state index in [9.17, 15) is 19.7 Å². The van der Waals surface area contributed by atoms with E-state index in [1.165, 1.54) is 23.9 Å². The number of nitro groups is 1. The molecule has 0 saturated heterocycles.